The van der Waals surface area contributed by atoms with Crippen LogP contribution in [0.1, 0.15) is 31.2 Å². The smallest absolute Gasteiger partial charge is 0.335 e. The molecule has 0 aliphatic heterocycles. The molecule has 6 heteroatoms. The molecule has 0 saturated heterocycles. The molecule has 2 rings (SSSR count). The molecule has 116 valence electrons. The van der Waals surface area contributed by atoms with E-state index in [4.69, 9.17) is 9.84 Å². The summed E-state index contributed by atoms with van der Waals surface area (Å²) in [4.78, 5) is 25.6. The van der Waals surface area contributed by atoms with Gasteiger partial charge in [-0.05, 0) is 29.1 Å². The van der Waals surface area contributed by atoms with E-state index in [2.05, 4.69) is 0 Å². The lowest BCUT2D eigenvalue weighted by Gasteiger charge is -2.17. The predicted octanol–water partition coefficient (Wildman–Crippen LogP) is 2.86. The normalized spacial score (nSPS) is 10.5. The second-order valence-electron chi connectivity index (χ2n) is 4.87. The molecule has 0 radical (unpaired) electrons. The van der Waals surface area contributed by atoms with Crippen molar-refractivity contribution in [2.24, 2.45) is 0 Å². The summed E-state index contributed by atoms with van der Waals surface area (Å²) in [7, 11) is 3.32. The maximum atomic E-state index is 12.5. The van der Waals surface area contributed by atoms with Gasteiger partial charge in [-0.2, -0.15) is 0 Å². The van der Waals surface area contributed by atoms with Crippen molar-refractivity contribution >= 4 is 23.2 Å². The van der Waals surface area contributed by atoms with E-state index in [1.54, 1.807) is 31.2 Å². The van der Waals surface area contributed by atoms with Crippen LogP contribution in [0.5, 0.6) is 0 Å². The van der Waals surface area contributed by atoms with E-state index in [9.17, 15) is 9.59 Å². The minimum atomic E-state index is -0.959. The lowest BCUT2D eigenvalue weighted by molar-refractivity contribution is 0.0695. The van der Waals surface area contributed by atoms with Gasteiger partial charge < -0.3 is 14.7 Å². The average Bonchev–Trinajstić information content (AvgIpc) is 2.95. The van der Waals surface area contributed by atoms with E-state index in [1.807, 2.05) is 11.4 Å². The molecule has 0 aliphatic carbocycles. The number of thiophene rings is 1. The number of methoxy groups -OCH3 is 1. The summed E-state index contributed by atoms with van der Waals surface area (Å²) >= 11 is 1.39. The summed E-state index contributed by atoms with van der Waals surface area (Å²) in [5.74, 6) is -1.02. The Morgan fingerprint density at radius 3 is 2.50 bits per heavy atom. The summed E-state index contributed by atoms with van der Waals surface area (Å²) in [5.41, 5.74) is 2.00. The zero-order valence-corrected chi connectivity index (χ0v) is 13.2. The Hall–Kier alpha value is -2.18. The summed E-state index contributed by atoms with van der Waals surface area (Å²) in [6.07, 6.45) is 0. The molecule has 0 atom stereocenters. The first-order valence-electron chi connectivity index (χ1n) is 6.66. The number of carbonyl (C=O) groups is 2. The number of nitrogens with zero attached hydrogens (tertiary/aromatic N) is 1. The average molecular weight is 319 g/mol. The molecule has 0 spiro atoms. The number of carboxylic acids is 1. The van der Waals surface area contributed by atoms with Gasteiger partial charge in [0.25, 0.3) is 5.91 Å². The van der Waals surface area contributed by atoms with Crippen molar-refractivity contribution in [3.63, 3.8) is 0 Å². The third-order valence-electron chi connectivity index (χ3n) is 3.21. The van der Waals surface area contributed by atoms with Crippen LogP contribution in [0.2, 0.25) is 0 Å². The van der Waals surface area contributed by atoms with Gasteiger partial charge >= 0.3 is 5.97 Å². The Labute approximate surface area is 132 Å². The van der Waals surface area contributed by atoms with Crippen LogP contribution in [0.4, 0.5) is 0 Å². The Morgan fingerprint density at radius 1 is 1.23 bits per heavy atom. The Kier molecular flexibility index (Phi) is 5.30. The number of hydrogen-bond acceptors (Lipinski definition) is 4. The topological polar surface area (TPSA) is 66.8 Å². The van der Waals surface area contributed by atoms with E-state index in [1.165, 1.54) is 23.5 Å². The standard InChI is InChI=1S/C16H17NO4S/c1-17(9-11-3-5-12(6-4-11)16(19)20)15(18)14-13(10-21-2)7-8-22-14/h3-8H,9-10H2,1-2H3,(H,19,20). The number of carbonyl (C=O) groups excluding carboxylic acids is 1. The maximum Gasteiger partial charge on any atom is 0.335 e. The molecule has 1 aromatic carbocycles. The Balaban J connectivity index is 2.07. The van der Waals surface area contributed by atoms with Crippen LogP contribution in [0.3, 0.4) is 0 Å². The van der Waals surface area contributed by atoms with Crippen molar-refractivity contribution in [3.05, 3.63) is 57.3 Å². The van der Waals surface area contributed by atoms with Crippen LogP contribution in [0.15, 0.2) is 35.7 Å². The van der Waals surface area contributed by atoms with Gasteiger partial charge in [0.1, 0.15) is 0 Å². The third kappa shape index (κ3) is 3.72. The minimum Gasteiger partial charge on any atom is -0.478 e. The molecule has 0 unspecified atom stereocenters. The van der Waals surface area contributed by atoms with Gasteiger partial charge in [-0.3, -0.25) is 4.79 Å². The van der Waals surface area contributed by atoms with Gasteiger partial charge in [0, 0.05) is 26.3 Å². The highest BCUT2D eigenvalue weighted by Gasteiger charge is 2.17. The van der Waals surface area contributed by atoms with Crippen molar-refractivity contribution in [3.8, 4) is 0 Å². The van der Waals surface area contributed by atoms with E-state index >= 15 is 0 Å². The number of aromatic carboxylic acids is 1. The number of carboxylic acid groups (broad SMARTS) is 1. The molecule has 1 heterocycles. The fourth-order valence-corrected chi connectivity index (χ4v) is 2.97. The second-order valence-corrected chi connectivity index (χ2v) is 5.79. The van der Waals surface area contributed by atoms with Crippen LogP contribution in [0.25, 0.3) is 0 Å². The highest BCUT2D eigenvalue weighted by atomic mass is 32.1. The zero-order valence-electron chi connectivity index (χ0n) is 12.4. The van der Waals surface area contributed by atoms with E-state index in [-0.39, 0.29) is 11.5 Å². The molecule has 0 fully saturated rings. The molecule has 5 nitrogen and oxygen atoms in total. The molecule has 1 aromatic heterocycles. The summed E-state index contributed by atoms with van der Waals surface area (Å²) in [6, 6.07) is 8.40. The zero-order chi connectivity index (χ0) is 16.1. The van der Waals surface area contributed by atoms with Crippen LogP contribution in [-0.2, 0) is 17.9 Å². The Bertz CT molecular complexity index is 663. The lowest BCUT2D eigenvalue weighted by Crippen LogP contribution is -2.26. The van der Waals surface area contributed by atoms with E-state index in [0.717, 1.165) is 11.1 Å². The highest BCUT2D eigenvalue weighted by Crippen LogP contribution is 2.20. The fourth-order valence-electron chi connectivity index (χ4n) is 2.06. The van der Waals surface area contributed by atoms with Gasteiger partial charge in [0.15, 0.2) is 0 Å². The lowest BCUT2D eigenvalue weighted by atomic mass is 10.1. The summed E-state index contributed by atoms with van der Waals surface area (Å²) in [5, 5.41) is 10.7. The molecule has 0 aliphatic rings. The fraction of sp³-hybridized carbons (Fsp3) is 0.250. The van der Waals surface area contributed by atoms with Gasteiger partial charge in [0.05, 0.1) is 17.0 Å². The van der Waals surface area contributed by atoms with Crippen LogP contribution >= 0.6 is 11.3 Å². The molecule has 1 N–H and O–H groups in total. The first-order valence-corrected chi connectivity index (χ1v) is 7.54. The number of ether oxygens (including phenoxy) is 1. The summed E-state index contributed by atoms with van der Waals surface area (Å²) in [6.45, 7) is 0.828. The van der Waals surface area contributed by atoms with Gasteiger partial charge in [-0.25, -0.2) is 4.79 Å². The van der Waals surface area contributed by atoms with Crippen molar-refractivity contribution in [2.45, 2.75) is 13.2 Å². The molecular formula is C16H17NO4S. The predicted molar refractivity (Wildman–Crippen MR) is 84.2 cm³/mol. The van der Waals surface area contributed by atoms with Crippen molar-refractivity contribution in [1.82, 2.24) is 4.90 Å². The SMILES string of the molecule is COCc1ccsc1C(=O)N(C)Cc1ccc(C(=O)O)cc1. The van der Waals surface area contributed by atoms with Crippen molar-refractivity contribution in [1.29, 1.82) is 0 Å². The molecule has 2 aromatic rings. The third-order valence-corrected chi connectivity index (χ3v) is 4.15. The molecular weight excluding hydrogens is 302 g/mol. The van der Waals surface area contributed by atoms with Crippen LogP contribution in [0, 0.1) is 0 Å². The molecule has 0 saturated carbocycles. The number of benzene rings is 1. The molecule has 1 amide bonds. The minimum absolute atomic E-state index is 0.0654. The number of rotatable bonds is 6. The van der Waals surface area contributed by atoms with Crippen LogP contribution < -0.4 is 0 Å². The first kappa shape index (κ1) is 16.2. The van der Waals surface area contributed by atoms with Gasteiger partial charge in [-0.1, -0.05) is 12.1 Å². The Morgan fingerprint density at radius 2 is 1.91 bits per heavy atom. The number of hydrogen-bond donors (Lipinski definition) is 1. The van der Waals surface area contributed by atoms with Crippen LogP contribution in [-0.4, -0.2) is 36.0 Å². The second kappa shape index (κ2) is 7.20. The van der Waals surface area contributed by atoms with E-state index < -0.39 is 5.97 Å². The largest absolute Gasteiger partial charge is 0.478 e. The van der Waals surface area contributed by atoms with Crippen molar-refractivity contribution < 1.29 is 19.4 Å². The highest BCUT2D eigenvalue weighted by molar-refractivity contribution is 7.12. The number of amides is 1. The van der Waals surface area contributed by atoms with Gasteiger partial charge in [0.2, 0.25) is 0 Å². The summed E-state index contributed by atoms with van der Waals surface area (Å²) < 4.78 is 5.09. The van der Waals surface area contributed by atoms with Crippen molar-refractivity contribution in [2.75, 3.05) is 14.2 Å². The monoisotopic (exact) mass is 319 g/mol. The first-order chi connectivity index (χ1) is 10.5. The molecule has 22 heavy (non-hydrogen) atoms. The quantitative estimate of drug-likeness (QED) is 0.889. The maximum absolute atomic E-state index is 12.5. The molecule has 0 bridgehead atoms. The van der Waals surface area contributed by atoms with E-state index in [0.29, 0.717) is 18.0 Å². The van der Waals surface area contributed by atoms with Gasteiger partial charge in [-0.15, -0.1) is 11.3 Å².